The summed E-state index contributed by atoms with van der Waals surface area (Å²) >= 11 is 0. The predicted molar refractivity (Wildman–Crippen MR) is 104 cm³/mol. The van der Waals surface area contributed by atoms with Crippen LogP contribution in [-0.4, -0.2) is 15.9 Å². The van der Waals surface area contributed by atoms with Gasteiger partial charge in [-0.3, -0.25) is 4.57 Å². The lowest BCUT2D eigenvalue weighted by Gasteiger charge is -2.16. The quantitative estimate of drug-likeness (QED) is 0.646. The van der Waals surface area contributed by atoms with E-state index in [0.29, 0.717) is 6.42 Å². The summed E-state index contributed by atoms with van der Waals surface area (Å²) in [5, 5.41) is 0. The van der Waals surface area contributed by atoms with Crippen molar-refractivity contribution in [2.75, 3.05) is 6.16 Å². The summed E-state index contributed by atoms with van der Waals surface area (Å²) in [6.45, 7) is 8.13. The first-order valence-electron chi connectivity index (χ1n) is 9.02. The summed E-state index contributed by atoms with van der Waals surface area (Å²) in [5.41, 5.74) is 6.16. The van der Waals surface area contributed by atoms with E-state index in [1.807, 2.05) is 45.0 Å². The van der Waals surface area contributed by atoms with E-state index < -0.39 is 7.60 Å². The minimum atomic E-state index is -3.99. The molecule has 0 aliphatic carbocycles. The van der Waals surface area contributed by atoms with E-state index in [4.69, 9.17) is 9.79 Å². The second-order valence-electron chi connectivity index (χ2n) is 7.19. The largest absolute Gasteiger partial charge is 0.325 e. The summed E-state index contributed by atoms with van der Waals surface area (Å²) < 4.78 is 25.2. The van der Waals surface area contributed by atoms with E-state index in [-0.39, 0.29) is 17.9 Å². The van der Waals surface area contributed by atoms with E-state index >= 15 is 0 Å². The molecule has 2 aromatic carbocycles. The first-order chi connectivity index (χ1) is 12.1. The maximum Gasteiger partial charge on any atom is 0.325 e. The van der Waals surface area contributed by atoms with Crippen LogP contribution < -0.4 is 0 Å². The van der Waals surface area contributed by atoms with Crippen LogP contribution in [0.25, 0.3) is 0 Å². The zero-order valence-electron chi connectivity index (χ0n) is 15.9. The Balaban J connectivity index is 2.26. The van der Waals surface area contributed by atoms with E-state index in [1.54, 1.807) is 6.07 Å². The molecule has 3 nitrogen and oxygen atoms in total. The molecule has 0 saturated carbocycles. The van der Waals surface area contributed by atoms with Crippen molar-refractivity contribution in [2.45, 2.75) is 52.9 Å². The van der Waals surface area contributed by atoms with Gasteiger partial charge in [0, 0.05) is 0 Å². The third kappa shape index (κ3) is 5.51. The normalized spacial score (nSPS) is 13.0. The Morgan fingerprint density at radius 1 is 1.08 bits per heavy atom. The van der Waals surface area contributed by atoms with Crippen LogP contribution in [0, 0.1) is 19.7 Å². The van der Waals surface area contributed by atoms with Crippen molar-refractivity contribution in [3.8, 4) is 0 Å². The lowest BCUT2D eigenvalue weighted by atomic mass is 9.90. The van der Waals surface area contributed by atoms with Gasteiger partial charge in [0.25, 0.3) is 0 Å². The zero-order chi connectivity index (χ0) is 19.5. The monoisotopic (exact) mass is 378 g/mol. The van der Waals surface area contributed by atoms with E-state index in [0.717, 1.165) is 40.7 Å². The maximum absolute atomic E-state index is 14.1. The Labute approximate surface area is 155 Å². The molecule has 1 unspecified atom stereocenters. The SMILES string of the molecule is CCC(C)c1cc(Cc2c(C)cc(CCP(=O)(O)O)cc2C)ccc1F. The number of rotatable bonds is 7. The van der Waals surface area contributed by atoms with Crippen LogP contribution in [0.5, 0.6) is 0 Å². The molecule has 2 N–H and O–H groups in total. The number of halogens is 1. The van der Waals surface area contributed by atoms with Gasteiger partial charge in [-0.05, 0) is 78.5 Å². The summed E-state index contributed by atoms with van der Waals surface area (Å²) in [5.74, 6) is 0.0384. The fourth-order valence-electron chi connectivity index (χ4n) is 3.29. The predicted octanol–water partition coefficient (Wildman–Crippen LogP) is 5.27. The van der Waals surface area contributed by atoms with Crippen LogP contribution >= 0.6 is 7.60 Å². The molecule has 0 aliphatic rings. The van der Waals surface area contributed by atoms with Gasteiger partial charge in [0.05, 0.1) is 6.16 Å². The Bertz CT molecular complexity index is 803. The van der Waals surface area contributed by atoms with Crippen LogP contribution in [-0.2, 0) is 17.4 Å². The average molecular weight is 378 g/mol. The molecular formula is C21H28FO3P. The van der Waals surface area contributed by atoms with Crippen molar-refractivity contribution in [2.24, 2.45) is 0 Å². The van der Waals surface area contributed by atoms with Crippen molar-refractivity contribution >= 4 is 7.60 Å². The third-order valence-corrected chi connectivity index (χ3v) is 5.84. The molecule has 0 aliphatic heterocycles. The first-order valence-corrected chi connectivity index (χ1v) is 10.8. The summed E-state index contributed by atoms with van der Waals surface area (Å²) in [6, 6.07) is 9.34. The van der Waals surface area contributed by atoms with Gasteiger partial charge in [-0.1, -0.05) is 38.1 Å². The van der Waals surface area contributed by atoms with E-state index in [9.17, 15) is 8.96 Å². The Morgan fingerprint density at radius 2 is 1.69 bits per heavy atom. The van der Waals surface area contributed by atoms with Gasteiger partial charge < -0.3 is 9.79 Å². The second kappa shape index (κ2) is 8.47. The highest BCUT2D eigenvalue weighted by molar-refractivity contribution is 7.51. The van der Waals surface area contributed by atoms with Gasteiger partial charge in [0.1, 0.15) is 5.82 Å². The summed E-state index contributed by atoms with van der Waals surface area (Å²) in [6.07, 6.45) is 1.84. The summed E-state index contributed by atoms with van der Waals surface area (Å²) in [4.78, 5) is 18.1. The molecule has 0 fully saturated rings. The second-order valence-corrected chi connectivity index (χ2v) is 8.96. The van der Waals surface area contributed by atoms with Crippen molar-refractivity contribution in [1.82, 2.24) is 0 Å². The fourth-order valence-corrected chi connectivity index (χ4v) is 3.84. The van der Waals surface area contributed by atoms with E-state index in [2.05, 4.69) is 6.92 Å². The molecule has 2 rings (SSSR count). The molecule has 26 heavy (non-hydrogen) atoms. The maximum atomic E-state index is 14.1. The van der Waals surface area contributed by atoms with Crippen molar-refractivity contribution in [3.05, 3.63) is 69.5 Å². The van der Waals surface area contributed by atoms with Crippen LogP contribution in [0.3, 0.4) is 0 Å². The van der Waals surface area contributed by atoms with Crippen LogP contribution in [0.1, 0.15) is 59.6 Å². The molecule has 0 amide bonds. The Hall–Kier alpha value is -1.48. The molecular weight excluding hydrogens is 350 g/mol. The molecule has 142 valence electrons. The Kier molecular flexibility index (Phi) is 6.79. The average Bonchev–Trinajstić information content (AvgIpc) is 2.56. The van der Waals surface area contributed by atoms with Crippen LogP contribution in [0.4, 0.5) is 4.39 Å². The van der Waals surface area contributed by atoms with Gasteiger partial charge in [-0.25, -0.2) is 4.39 Å². The third-order valence-electron chi connectivity index (χ3n) is 5.03. The number of hydrogen-bond acceptors (Lipinski definition) is 1. The van der Waals surface area contributed by atoms with Crippen molar-refractivity contribution < 1.29 is 18.7 Å². The molecule has 0 spiro atoms. The molecule has 5 heteroatoms. The highest BCUT2D eigenvalue weighted by Crippen LogP contribution is 2.35. The molecule has 0 bridgehead atoms. The number of aryl methyl sites for hydroxylation is 3. The number of hydrogen-bond donors (Lipinski definition) is 2. The number of benzene rings is 2. The Morgan fingerprint density at radius 3 is 2.23 bits per heavy atom. The minimum Gasteiger partial charge on any atom is -0.324 e. The topological polar surface area (TPSA) is 57.5 Å². The van der Waals surface area contributed by atoms with Crippen LogP contribution in [0.15, 0.2) is 30.3 Å². The van der Waals surface area contributed by atoms with Gasteiger partial charge in [-0.15, -0.1) is 0 Å². The van der Waals surface area contributed by atoms with Gasteiger partial charge >= 0.3 is 7.60 Å². The van der Waals surface area contributed by atoms with Crippen molar-refractivity contribution in [3.63, 3.8) is 0 Å². The van der Waals surface area contributed by atoms with Crippen LogP contribution in [0.2, 0.25) is 0 Å². The first kappa shape index (κ1) is 20.8. The highest BCUT2D eigenvalue weighted by Gasteiger charge is 2.15. The fraction of sp³-hybridized carbons (Fsp3) is 0.429. The molecule has 0 aromatic heterocycles. The minimum absolute atomic E-state index is 0.137. The molecule has 0 heterocycles. The molecule has 2 aromatic rings. The highest BCUT2D eigenvalue weighted by atomic mass is 31.2. The molecule has 0 radical (unpaired) electrons. The lowest BCUT2D eigenvalue weighted by molar-refractivity contribution is 0.373. The molecule has 1 atom stereocenters. The molecule has 0 saturated heterocycles. The lowest BCUT2D eigenvalue weighted by Crippen LogP contribution is -2.02. The smallest absolute Gasteiger partial charge is 0.324 e. The van der Waals surface area contributed by atoms with E-state index in [1.165, 1.54) is 5.56 Å². The van der Waals surface area contributed by atoms with Gasteiger partial charge in [0.15, 0.2) is 0 Å². The van der Waals surface area contributed by atoms with Crippen molar-refractivity contribution in [1.29, 1.82) is 0 Å². The van der Waals surface area contributed by atoms with Gasteiger partial charge in [-0.2, -0.15) is 0 Å². The van der Waals surface area contributed by atoms with Gasteiger partial charge in [0.2, 0.25) is 0 Å². The standard InChI is InChI=1S/C21H28FO3P/c1-5-14(2)20-13-17(6-7-21(20)22)12-19-15(3)10-18(11-16(19)4)8-9-26(23,24)25/h6-7,10-11,13-14H,5,8-9,12H2,1-4H3,(H2,23,24,25). The summed E-state index contributed by atoms with van der Waals surface area (Å²) in [7, 11) is -3.99. The zero-order valence-corrected chi connectivity index (χ0v) is 16.8.